The number of hydrogen-bond donors (Lipinski definition) is 0. The van der Waals surface area contributed by atoms with E-state index in [1.54, 1.807) is 0 Å². The van der Waals surface area contributed by atoms with Gasteiger partial charge in [0.1, 0.15) is 24.6 Å². The number of rotatable bonds is 3. The highest BCUT2D eigenvalue weighted by Gasteiger charge is 2.41. The molecular weight excluding hydrogens is 316 g/mol. The average Bonchev–Trinajstić information content (AvgIpc) is 3.03. The summed E-state index contributed by atoms with van der Waals surface area (Å²) in [6.07, 6.45) is 6.85. The van der Waals surface area contributed by atoms with Gasteiger partial charge in [-0.3, -0.25) is 0 Å². The second kappa shape index (κ2) is 6.12. The fourth-order valence-corrected chi connectivity index (χ4v) is 4.98. The Bertz CT molecular complexity index is 951. The van der Waals surface area contributed by atoms with Crippen LogP contribution in [0.15, 0.2) is 48.8 Å². The molecule has 0 amide bonds. The number of nitrogens with zero attached hydrogens (tertiary/aromatic N) is 2. The van der Waals surface area contributed by atoms with Crippen LogP contribution in [0.1, 0.15) is 48.9 Å². The van der Waals surface area contributed by atoms with Crippen molar-refractivity contribution in [1.29, 1.82) is 0 Å². The maximum absolute atomic E-state index is 2.47. The van der Waals surface area contributed by atoms with Crippen molar-refractivity contribution in [3.05, 3.63) is 71.0 Å². The monoisotopic (exact) mass is 345 g/mol. The first-order chi connectivity index (χ1) is 12.5. The van der Waals surface area contributed by atoms with Crippen molar-refractivity contribution in [2.75, 3.05) is 0 Å². The lowest BCUT2D eigenvalue weighted by Crippen LogP contribution is -2.50. The van der Waals surface area contributed by atoms with E-state index in [1.807, 2.05) is 0 Å². The summed E-state index contributed by atoms with van der Waals surface area (Å²) >= 11 is 0. The number of aromatic nitrogens is 2. The summed E-state index contributed by atoms with van der Waals surface area (Å²) in [5.74, 6) is 1.31. The van der Waals surface area contributed by atoms with Gasteiger partial charge in [0.2, 0.25) is 0 Å². The molecule has 1 aliphatic heterocycles. The lowest BCUT2D eigenvalue weighted by Gasteiger charge is -2.35. The first-order valence-corrected chi connectivity index (χ1v) is 9.79. The quantitative estimate of drug-likeness (QED) is 0.560. The van der Waals surface area contributed by atoms with Crippen molar-refractivity contribution < 1.29 is 4.57 Å². The number of hydrogen-bond acceptors (Lipinski definition) is 0. The third-order valence-electron chi connectivity index (χ3n) is 6.34. The normalized spacial score (nSPS) is 14.8. The molecular formula is C24H29N2+. The van der Waals surface area contributed by atoms with Crippen LogP contribution < -0.4 is 4.57 Å². The van der Waals surface area contributed by atoms with Crippen LogP contribution in [0.3, 0.4) is 0 Å². The molecule has 0 aliphatic carbocycles. The van der Waals surface area contributed by atoms with Crippen LogP contribution in [0.4, 0.5) is 0 Å². The van der Waals surface area contributed by atoms with E-state index in [1.165, 1.54) is 52.2 Å². The lowest BCUT2D eigenvalue weighted by molar-refractivity contribution is -0.696. The zero-order valence-corrected chi connectivity index (χ0v) is 16.6. The number of benzene rings is 2. The van der Waals surface area contributed by atoms with Gasteiger partial charge < -0.3 is 0 Å². The van der Waals surface area contributed by atoms with Crippen LogP contribution in [-0.4, -0.2) is 4.57 Å². The fourth-order valence-electron chi connectivity index (χ4n) is 4.98. The zero-order valence-electron chi connectivity index (χ0n) is 16.6. The summed E-state index contributed by atoms with van der Waals surface area (Å²) in [6, 6.07) is 13.6. The summed E-state index contributed by atoms with van der Waals surface area (Å²) in [5, 5.41) is 0. The van der Waals surface area contributed by atoms with Gasteiger partial charge in [-0.1, -0.05) is 49.7 Å². The molecule has 0 spiro atoms. The average molecular weight is 346 g/mol. The highest BCUT2D eigenvalue weighted by Crippen LogP contribution is 2.42. The van der Waals surface area contributed by atoms with E-state index in [2.05, 4.69) is 92.5 Å². The summed E-state index contributed by atoms with van der Waals surface area (Å²) in [6.45, 7) is 12.3. The van der Waals surface area contributed by atoms with E-state index in [-0.39, 0.29) is 5.41 Å². The third-order valence-corrected chi connectivity index (χ3v) is 6.34. The largest absolute Gasteiger partial charge is 0.294 e. The van der Waals surface area contributed by atoms with Crippen molar-refractivity contribution in [3.63, 3.8) is 0 Å². The fraction of sp³-hybridized carbons (Fsp3) is 0.375. The van der Waals surface area contributed by atoms with Crippen molar-refractivity contribution in [2.24, 2.45) is 0 Å². The minimum absolute atomic E-state index is 0.234. The smallest absolute Gasteiger partial charge is 0.229 e. The molecule has 2 heteroatoms. The molecule has 0 fully saturated rings. The molecule has 0 unspecified atom stereocenters. The SMILES string of the molecule is CCC1(CC)C[n+]2ccn(-c3c(C)cc(C)cc3C)c2-c2ccccc21. The Labute approximate surface area is 157 Å². The Kier molecular flexibility index (Phi) is 4.02. The van der Waals surface area contributed by atoms with Crippen molar-refractivity contribution in [2.45, 2.75) is 59.4 Å². The molecule has 1 aliphatic rings. The van der Waals surface area contributed by atoms with Crippen LogP contribution in [0.25, 0.3) is 17.1 Å². The maximum Gasteiger partial charge on any atom is 0.294 e. The van der Waals surface area contributed by atoms with Crippen molar-refractivity contribution in [3.8, 4) is 17.1 Å². The Morgan fingerprint density at radius 2 is 1.65 bits per heavy atom. The van der Waals surface area contributed by atoms with Gasteiger partial charge in [0.15, 0.2) is 0 Å². The second-order valence-corrected chi connectivity index (χ2v) is 7.90. The van der Waals surface area contributed by atoms with Crippen molar-refractivity contribution in [1.82, 2.24) is 4.57 Å². The van der Waals surface area contributed by atoms with Gasteiger partial charge in [0.05, 0.1) is 5.56 Å². The molecule has 26 heavy (non-hydrogen) atoms. The summed E-state index contributed by atoms with van der Waals surface area (Å²) in [4.78, 5) is 0. The van der Waals surface area contributed by atoms with Gasteiger partial charge in [-0.15, -0.1) is 0 Å². The molecule has 0 saturated heterocycles. The zero-order chi connectivity index (χ0) is 18.5. The molecule has 2 nitrogen and oxygen atoms in total. The Morgan fingerprint density at radius 3 is 2.31 bits per heavy atom. The van der Waals surface area contributed by atoms with Crippen LogP contribution in [0.5, 0.6) is 0 Å². The summed E-state index contributed by atoms with van der Waals surface area (Å²) < 4.78 is 4.87. The molecule has 3 aromatic rings. The topological polar surface area (TPSA) is 8.81 Å². The Balaban J connectivity index is 2.00. The van der Waals surface area contributed by atoms with Crippen LogP contribution in [-0.2, 0) is 12.0 Å². The standard InChI is InChI=1S/C24H29N2/c1-6-24(7-2)16-25-12-13-26(22-18(4)14-17(3)15-19(22)5)23(25)20-10-8-9-11-21(20)24/h8-15H,6-7,16H2,1-5H3/q+1. The molecule has 2 heterocycles. The maximum atomic E-state index is 2.47. The molecule has 0 atom stereocenters. The minimum atomic E-state index is 0.234. The molecule has 1 aromatic heterocycles. The molecule has 134 valence electrons. The Morgan fingerprint density at radius 1 is 1.00 bits per heavy atom. The van der Waals surface area contributed by atoms with Crippen LogP contribution in [0, 0.1) is 20.8 Å². The number of fused-ring (bicyclic) bond motifs is 3. The van der Waals surface area contributed by atoms with E-state index < -0.39 is 0 Å². The predicted octanol–water partition coefficient (Wildman–Crippen LogP) is 5.43. The van der Waals surface area contributed by atoms with E-state index in [0.29, 0.717) is 0 Å². The first kappa shape index (κ1) is 17.1. The van der Waals surface area contributed by atoms with Gasteiger partial charge in [-0.25, -0.2) is 4.57 Å². The molecule has 0 bridgehead atoms. The molecule has 4 rings (SSSR count). The number of aryl methyl sites for hydroxylation is 3. The van der Waals surface area contributed by atoms with Crippen LogP contribution >= 0.6 is 0 Å². The van der Waals surface area contributed by atoms with E-state index in [0.717, 1.165) is 6.54 Å². The summed E-state index contributed by atoms with van der Waals surface area (Å²) in [7, 11) is 0. The molecule has 2 aromatic carbocycles. The highest BCUT2D eigenvalue weighted by atomic mass is 15.2. The molecule has 0 saturated carbocycles. The molecule has 0 radical (unpaired) electrons. The third kappa shape index (κ3) is 2.35. The van der Waals surface area contributed by atoms with Crippen molar-refractivity contribution >= 4 is 0 Å². The van der Waals surface area contributed by atoms with Gasteiger partial charge in [-0.05, 0) is 56.4 Å². The lowest BCUT2D eigenvalue weighted by atomic mass is 9.72. The van der Waals surface area contributed by atoms with Crippen LogP contribution in [0.2, 0.25) is 0 Å². The predicted molar refractivity (Wildman–Crippen MR) is 108 cm³/mol. The highest BCUT2D eigenvalue weighted by molar-refractivity contribution is 5.65. The number of imidazole rings is 1. The first-order valence-electron chi connectivity index (χ1n) is 9.79. The van der Waals surface area contributed by atoms with Gasteiger partial charge in [-0.2, -0.15) is 4.57 Å². The van der Waals surface area contributed by atoms with Gasteiger partial charge in [0, 0.05) is 5.41 Å². The Hall–Kier alpha value is -2.35. The minimum Gasteiger partial charge on any atom is -0.229 e. The van der Waals surface area contributed by atoms with E-state index >= 15 is 0 Å². The second-order valence-electron chi connectivity index (χ2n) is 7.90. The van der Waals surface area contributed by atoms with Gasteiger partial charge >= 0.3 is 0 Å². The van der Waals surface area contributed by atoms with E-state index in [9.17, 15) is 0 Å². The molecule has 0 N–H and O–H groups in total. The van der Waals surface area contributed by atoms with E-state index in [4.69, 9.17) is 0 Å². The van der Waals surface area contributed by atoms with Gasteiger partial charge in [0.25, 0.3) is 5.82 Å². The summed E-state index contributed by atoms with van der Waals surface area (Å²) in [5.41, 5.74) is 8.44.